The van der Waals surface area contributed by atoms with Gasteiger partial charge in [-0.1, -0.05) is 44.0 Å². The van der Waals surface area contributed by atoms with Gasteiger partial charge in [-0.3, -0.25) is 4.90 Å². The lowest BCUT2D eigenvalue weighted by Gasteiger charge is -2.37. The zero-order valence-electron chi connectivity index (χ0n) is 15.7. The molecule has 1 N–H and O–H groups in total. The van der Waals surface area contributed by atoms with Crippen LogP contribution in [-0.2, 0) is 11.2 Å². The molecule has 0 spiro atoms. The first-order valence-corrected chi connectivity index (χ1v) is 9.70. The van der Waals surface area contributed by atoms with E-state index in [0.29, 0.717) is 19.2 Å². The van der Waals surface area contributed by atoms with Crippen molar-refractivity contribution in [1.82, 2.24) is 4.90 Å². The zero-order valence-corrected chi connectivity index (χ0v) is 16.4. The van der Waals surface area contributed by atoms with Crippen molar-refractivity contribution in [3.63, 3.8) is 0 Å². The number of hydrogen-bond acceptors (Lipinski definition) is 3. The molecular weight excluding hydrogens is 322 g/mol. The Hall–Kier alpha value is -0.610. The smallest absolute Gasteiger partial charge is 0.0900 e. The lowest BCUT2D eigenvalue weighted by atomic mass is 9.95. The number of piperidine rings is 1. The van der Waals surface area contributed by atoms with Gasteiger partial charge < -0.3 is 9.84 Å². The summed E-state index contributed by atoms with van der Waals surface area (Å²) in [5.74, 6) is 0. The van der Waals surface area contributed by atoms with Crippen molar-refractivity contribution in [1.29, 1.82) is 0 Å². The van der Waals surface area contributed by atoms with Crippen molar-refractivity contribution in [3.05, 3.63) is 34.9 Å². The summed E-state index contributed by atoms with van der Waals surface area (Å²) in [6, 6.07) is 8.59. The lowest BCUT2D eigenvalue weighted by molar-refractivity contribution is -0.0184. The first-order valence-electron chi connectivity index (χ1n) is 9.32. The maximum Gasteiger partial charge on any atom is 0.0900 e. The van der Waals surface area contributed by atoms with Crippen molar-refractivity contribution >= 4 is 11.6 Å². The second-order valence-corrected chi connectivity index (χ2v) is 6.95. The highest BCUT2D eigenvalue weighted by Crippen LogP contribution is 2.22. The normalized spacial score (nSPS) is 19.7. The third kappa shape index (κ3) is 7.98. The van der Waals surface area contributed by atoms with Crippen LogP contribution in [0.15, 0.2) is 24.3 Å². The number of hydrogen-bond donors (Lipinski definition) is 1. The van der Waals surface area contributed by atoms with Gasteiger partial charge in [-0.15, -0.1) is 0 Å². The molecular formula is C20H34ClNO2. The SMILES string of the molecule is CC.CC(C)OCC(O)CN1CCCCC1Cc1cccc(Cl)c1. The maximum absolute atomic E-state index is 10.2. The molecule has 1 fully saturated rings. The van der Waals surface area contributed by atoms with Gasteiger partial charge in [0.05, 0.1) is 18.8 Å². The number of benzene rings is 1. The summed E-state index contributed by atoms with van der Waals surface area (Å²) in [5, 5.41) is 11.0. The number of aliphatic hydroxyl groups is 1. The molecule has 0 radical (unpaired) electrons. The van der Waals surface area contributed by atoms with Crippen LogP contribution in [-0.4, -0.2) is 48.0 Å². The molecule has 1 heterocycles. The largest absolute Gasteiger partial charge is 0.389 e. The molecule has 0 aliphatic carbocycles. The average Bonchev–Trinajstić information content (AvgIpc) is 2.57. The first kappa shape index (κ1) is 21.4. The monoisotopic (exact) mass is 355 g/mol. The van der Waals surface area contributed by atoms with E-state index in [-0.39, 0.29) is 6.10 Å². The van der Waals surface area contributed by atoms with E-state index in [1.807, 2.05) is 45.9 Å². The summed E-state index contributed by atoms with van der Waals surface area (Å²) in [5.41, 5.74) is 1.28. The molecule has 1 aromatic carbocycles. The van der Waals surface area contributed by atoms with Gasteiger partial charge in [0, 0.05) is 17.6 Å². The van der Waals surface area contributed by atoms with E-state index in [4.69, 9.17) is 16.3 Å². The van der Waals surface area contributed by atoms with Crippen LogP contribution in [0.3, 0.4) is 0 Å². The topological polar surface area (TPSA) is 32.7 Å². The van der Waals surface area contributed by atoms with Crippen LogP contribution >= 0.6 is 11.6 Å². The highest BCUT2D eigenvalue weighted by molar-refractivity contribution is 6.30. The van der Waals surface area contributed by atoms with E-state index in [2.05, 4.69) is 11.0 Å². The van der Waals surface area contributed by atoms with Crippen molar-refractivity contribution < 1.29 is 9.84 Å². The van der Waals surface area contributed by atoms with Gasteiger partial charge in [0.15, 0.2) is 0 Å². The number of aliphatic hydroxyl groups excluding tert-OH is 1. The molecule has 1 aromatic rings. The molecule has 1 aliphatic heterocycles. The van der Waals surface area contributed by atoms with Crippen LogP contribution < -0.4 is 0 Å². The Bertz CT molecular complexity index is 453. The van der Waals surface area contributed by atoms with Gasteiger partial charge in [0.2, 0.25) is 0 Å². The molecule has 1 saturated heterocycles. The van der Waals surface area contributed by atoms with Gasteiger partial charge in [0.1, 0.15) is 0 Å². The second-order valence-electron chi connectivity index (χ2n) is 6.51. The van der Waals surface area contributed by atoms with Crippen LogP contribution in [0.2, 0.25) is 5.02 Å². The summed E-state index contributed by atoms with van der Waals surface area (Å²) in [4.78, 5) is 2.42. The summed E-state index contributed by atoms with van der Waals surface area (Å²) >= 11 is 6.08. The van der Waals surface area contributed by atoms with Gasteiger partial charge >= 0.3 is 0 Å². The fraction of sp³-hybridized carbons (Fsp3) is 0.700. The van der Waals surface area contributed by atoms with Gasteiger partial charge in [-0.2, -0.15) is 0 Å². The number of likely N-dealkylation sites (tertiary alicyclic amines) is 1. The molecule has 24 heavy (non-hydrogen) atoms. The van der Waals surface area contributed by atoms with Crippen molar-refractivity contribution in [2.75, 3.05) is 19.7 Å². The highest BCUT2D eigenvalue weighted by atomic mass is 35.5. The van der Waals surface area contributed by atoms with Gasteiger partial charge in [-0.25, -0.2) is 0 Å². The Labute approximate surface area is 153 Å². The summed E-state index contributed by atoms with van der Waals surface area (Å²) in [7, 11) is 0. The summed E-state index contributed by atoms with van der Waals surface area (Å²) in [6.07, 6.45) is 4.41. The quantitative estimate of drug-likeness (QED) is 0.778. The molecule has 1 aliphatic rings. The van der Waals surface area contributed by atoms with E-state index in [0.717, 1.165) is 18.0 Å². The molecule has 3 nitrogen and oxygen atoms in total. The maximum atomic E-state index is 10.2. The van der Waals surface area contributed by atoms with E-state index in [1.54, 1.807) is 0 Å². The fourth-order valence-corrected chi connectivity index (χ4v) is 3.31. The third-order valence-corrected chi connectivity index (χ3v) is 4.41. The standard InChI is InChI=1S/C18H28ClNO2.C2H6/c1-14(2)22-13-18(21)12-20-9-4-3-8-17(20)11-15-6-5-7-16(19)10-15;1-2/h5-7,10,14,17-18,21H,3-4,8-9,11-13H2,1-2H3;1-2H3. The summed E-state index contributed by atoms with van der Waals surface area (Å²) < 4.78 is 5.52. The Morgan fingerprint density at radius 3 is 2.71 bits per heavy atom. The van der Waals surface area contributed by atoms with Crippen LogP contribution in [0.4, 0.5) is 0 Å². The van der Waals surface area contributed by atoms with Crippen LogP contribution in [0.5, 0.6) is 0 Å². The molecule has 2 atom stereocenters. The number of nitrogens with zero attached hydrogens (tertiary/aromatic N) is 1. The first-order chi connectivity index (χ1) is 11.5. The Kier molecular flexibility index (Phi) is 10.6. The Morgan fingerprint density at radius 2 is 2.04 bits per heavy atom. The van der Waals surface area contributed by atoms with Crippen molar-refractivity contribution in [2.45, 2.75) is 71.6 Å². The minimum atomic E-state index is -0.414. The molecule has 2 rings (SSSR count). The highest BCUT2D eigenvalue weighted by Gasteiger charge is 2.24. The number of ether oxygens (including phenoxy) is 1. The molecule has 4 heteroatoms. The Balaban J connectivity index is 0.00000139. The van der Waals surface area contributed by atoms with E-state index < -0.39 is 6.10 Å². The predicted molar refractivity (Wildman–Crippen MR) is 103 cm³/mol. The van der Waals surface area contributed by atoms with E-state index >= 15 is 0 Å². The minimum Gasteiger partial charge on any atom is -0.389 e. The second kappa shape index (κ2) is 11.9. The minimum absolute atomic E-state index is 0.165. The van der Waals surface area contributed by atoms with Crippen molar-refractivity contribution in [2.24, 2.45) is 0 Å². The molecule has 0 bridgehead atoms. The van der Waals surface area contributed by atoms with Gasteiger partial charge in [0.25, 0.3) is 0 Å². The molecule has 0 amide bonds. The van der Waals surface area contributed by atoms with Crippen molar-refractivity contribution in [3.8, 4) is 0 Å². The number of rotatable bonds is 7. The average molecular weight is 356 g/mol. The lowest BCUT2D eigenvalue weighted by Crippen LogP contribution is -2.45. The molecule has 2 unspecified atom stereocenters. The third-order valence-electron chi connectivity index (χ3n) is 4.18. The zero-order chi connectivity index (χ0) is 17.9. The number of halogens is 1. The number of β-amino-alcohol motifs (C(OH)–C–C–N with tert-alkyl or cyclic N) is 1. The molecule has 0 aromatic heterocycles. The van der Waals surface area contributed by atoms with Crippen LogP contribution in [0, 0.1) is 0 Å². The molecule has 138 valence electrons. The Morgan fingerprint density at radius 1 is 1.29 bits per heavy atom. The molecule has 0 saturated carbocycles. The fourth-order valence-electron chi connectivity index (χ4n) is 3.09. The van der Waals surface area contributed by atoms with E-state index in [9.17, 15) is 5.11 Å². The van der Waals surface area contributed by atoms with E-state index in [1.165, 1.54) is 24.8 Å². The van der Waals surface area contributed by atoms with Gasteiger partial charge in [-0.05, 0) is 57.4 Å². The van der Waals surface area contributed by atoms with Crippen LogP contribution in [0.25, 0.3) is 0 Å². The predicted octanol–water partition coefficient (Wildman–Crippen LogP) is 4.55. The summed E-state index contributed by atoms with van der Waals surface area (Å²) in [6.45, 7) is 10.2. The van der Waals surface area contributed by atoms with Crippen LogP contribution in [0.1, 0.15) is 52.5 Å².